The van der Waals surface area contributed by atoms with E-state index in [1.54, 1.807) is 21.3 Å². The van der Waals surface area contributed by atoms with Crippen LogP contribution in [0.15, 0.2) is 12.1 Å². The minimum Gasteiger partial charge on any atom is -0.493 e. The molecule has 0 radical (unpaired) electrons. The summed E-state index contributed by atoms with van der Waals surface area (Å²) in [5.41, 5.74) is 4.06. The lowest BCUT2D eigenvalue weighted by atomic mass is 9.81. The van der Waals surface area contributed by atoms with Gasteiger partial charge in [-0.2, -0.15) is 0 Å². The summed E-state index contributed by atoms with van der Waals surface area (Å²) in [5, 5.41) is 0. The highest BCUT2D eigenvalue weighted by molar-refractivity contribution is 5.54. The van der Waals surface area contributed by atoms with Gasteiger partial charge in [-0.3, -0.25) is 11.3 Å². The van der Waals surface area contributed by atoms with Crippen LogP contribution in [0.2, 0.25) is 0 Å². The molecule has 1 aliphatic carbocycles. The van der Waals surface area contributed by atoms with Crippen LogP contribution < -0.4 is 25.5 Å². The first-order chi connectivity index (χ1) is 10.2. The van der Waals surface area contributed by atoms with E-state index in [2.05, 4.69) is 5.43 Å². The van der Waals surface area contributed by atoms with E-state index in [1.165, 1.54) is 32.1 Å². The van der Waals surface area contributed by atoms with Gasteiger partial charge in [-0.05, 0) is 36.5 Å². The van der Waals surface area contributed by atoms with E-state index in [-0.39, 0.29) is 6.04 Å². The van der Waals surface area contributed by atoms with Crippen molar-refractivity contribution in [2.45, 2.75) is 38.1 Å². The molecule has 0 bridgehead atoms. The van der Waals surface area contributed by atoms with Crippen LogP contribution in [0.1, 0.15) is 43.7 Å². The molecule has 1 unspecified atom stereocenters. The molecule has 118 valence electrons. The fourth-order valence-electron chi connectivity index (χ4n) is 3.25. The number of hydrogen-bond donors (Lipinski definition) is 2. The summed E-state index contributed by atoms with van der Waals surface area (Å²) in [6.07, 6.45) is 6.26. The predicted molar refractivity (Wildman–Crippen MR) is 82.7 cm³/mol. The van der Waals surface area contributed by atoms with Crippen LogP contribution in [-0.2, 0) is 0 Å². The monoisotopic (exact) mass is 294 g/mol. The minimum atomic E-state index is 0.110. The molecular formula is C16H26N2O3. The highest BCUT2D eigenvalue weighted by atomic mass is 16.5. The molecule has 2 rings (SSSR count). The Morgan fingerprint density at radius 3 is 2.00 bits per heavy atom. The van der Waals surface area contributed by atoms with E-state index in [0.717, 1.165) is 5.56 Å². The Kier molecular flexibility index (Phi) is 5.70. The van der Waals surface area contributed by atoms with Gasteiger partial charge in [0.05, 0.1) is 21.3 Å². The Balaban J connectivity index is 2.36. The third-order valence-electron chi connectivity index (χ3n) is 4.35. The zero-order chi connectivity index (χ0) is 15.2. The first-order valence-electron chi connectivity index (χ1n) is 7.51. The normalized spacial score (nSPS) is 17.3. The van der Waals surface area contributed by atoms with Crippen molar-refractivity contribution in [1.29, 1.82) is 0 Å². The van der Waals surface area contributed by atoms with E-state index < -0.39 is 0 Å². The molecule has 0 saturated heterocycles. The maximum Gasteiger partial charge on any atom is 0.203 e. The topological polar surface area (TPSA) is 65.7 Å². The molecular weight excluding hydrogens is 268 g/mol. The van der Waals surface area contributed by atoms with E-state index in [0.29, 0.717) is 23.2 Å². The molecule has 5 nitrogen and oxygen atoms in total. The molecule has 5 heteroatoms. The number of ether oxygens (including phenoxy) is 3. The highest BCUT2D eigenvalue weighted by Crippen LogP contribution is 2.42. The third kappa shape index (κ3) is 3.41. The molecule has 1 aromatic carbocycles. The predicted octanol–water partition coefficient (Wildman–Crippen LogP) is 2.80. The zero-order valence-corrected chi connectivity index (χ0v) is 13.1. The fraction of sp³-hybridized carbons (Fsp3) is 0.625. The van der Waals surface area contributed by atoms with Gasteiger partial charge in [0.15, 0.2) is 11.5 Å². The second-order valence-corrected chi connectivity index (χ2v) is 5.50. The van der Waals surface area contributed by atoms with Crippen molar-refractivity contribution < 1.29 is 14.2 Å². The summed E-state index contributed by atoms with van der Waals surface area (Å²) < 4.78 is 16.2. The second-order valence-electron chi connectivity index (χ2n) is 5.50. The number of hydrogen-bond acceptors (Lipinski definition) is 5. The molecule has 1 aromatic rings. The Bertz CT molecular complexity index is 434. The van der Waals surface area contributed by atoms with Gasteiger partial charge in [0.25, 0.3) is 0 Å². The summed E-state index contributed by atoms with van der Waals surface area (Å²) in [6, 6.07) is 4.08. The third-order valence-corrected chi connectivity index (χ3v) is 4.35. The summed E-state index contributed by atoms with van der Waals surface area (Å²) in [6.45, 7) is 0. The summed E-state index contributed by atoms with van der Waals surface area (Å²) >= 11 is 0. The zero-order valence-electron chi connectivity index (χ0n) is 13.1. The largest absolute Gasteiger partial charge is 0.493 e. The minimum absolute atomic E-state index is 0.110. The average Bonchev–Trinajstić information content (AvgIpc) is 2.55. The molecule has 3 N–H and O–H groups in total. The summed E-state index contributed by atoms with van der Waals surface area (Å²) in [7, 11) is 4.87. The number of benzene rings is 1. The lowest BCUT2D eigenvalue weighted by Crippen LogP contribution is -2.34. The van der Waals surface area contributed by atoms with Gasteiger partial charge < -0.3 is 14.2 Å². The van der Waals surface area contributed by atoms with Crippen LogP contribution in [0.25, 0.3) is 0 Å². The lowest BCUT2D eigenvalue weighted by Gasteiger charge is -2.30. The van der Waals surface area contributed by atoms with Gasteiger partial charge in [0.1, 0.15) is 0 Å². The SMILES string of the molecule is COc1cc(C(NN)C2CCCCC2)cc(OC)c1OC. The van der Waals surface area contributed by atoms with E-state index >= 15 is 0 Å². The number of nitrogens with one attached hydrogen (secondary N) is 1. The van der Waals surface area contributed by atoms with Crippen molar-refractivity contribution in [3.63, 3.8) is 0 Å². The van der Waals surface area contributed by atoms with Gasteiger partial charge >= 0.3 is 0 Å². The second kappa shape index (κ2) is 7.52. The van der Waals surface area contributed by atoms with Crippen LogP contribution in [0, 0.1) is 5.92 Å². The van der Waals surface area contributed by atoms with Crippen LogP contribution in [0.4, 0.5) is 0 Å². The average molecular weight is 294 g/mol. The fourth-order valence-corrected chi connectivity index (χ4v) is 3.25. The first kappa shape index (κ1) is 15.9. The molecule has 1 fully saturated rings. The number of methoxy groups -OCH3 is 3. The maximum atomic E-state index is 5.83. The lowest BCUT2D eigenvalue weighted by molar-refractivity contribution is 0.270. The molecule has 1 saturated carbocycles. The Labute approximate surface area is 126 Å². The van der Waals surface area contributed by atoms with Crippen LogP contribution in [0.3, 0.4) is 0 Å². The van der Waals surface area contributed by atoms with Crippen LogP contribution in [-0.4, -0.2) is 21.3 Å². The molecule has 0 amide bonds. The summed E-state index contributed by atoms with van der Waals surface area (Å²) in [5.74, 6) is 8.33. The van der Waals surface area contributed by atoms with Gasteiger partial charge in [-0.25, -0.2) is 0 Å². The summed E-state index contributed by atoms with van der Waals surface area (Å²) in [4.78, 5) is 0. The van der Waals surface area contributed by atoms with E-state index in [1.807, 2.05) is 12.1 Å². The quantitative estimate of drug-likeness (QED) is 0.624. The van der Waals surface area contributed by atoms with Gasteiger partial charge in [-0.1, -0.05) is 19.3 Å². The van der Waals surface area contributed by atoms with Gasteiger partial charge in [0, 0.05) is 6.04 Å². The molecule has 1 aliphatic rings. The molecule has 0 heterocycles. The molecule has 0 aromatic heterocycles. The Morgan fingerprint density at radius 2 is 1.57 bits per heavy atom. The number of nitrogens with two attached hydrogens (primary N) is 1. The Morgan fingerprint density at radius 1 is 1.00 bits per heavy atom. The molecule has 0 aliphatic heterocycles. The van der Waals surface area contributed by atoms with E-state index in [9.17, 15) is 0 Å². The maximum absolute atomic E-state index is 5.83. The van der Waals surface area contributed by atoms with Crippen molar-refractivity contribution >= 4 is 0 Å². The van der Waals surface area contributed by atoms with Crippen molar-refractivity contribution in [2.24, 2.45) is 11.8 Å². The first-order valence-corrected chi connectivity index (χ1v) is 7.51. The molecule has 21 heavy (non-hydrogen) atoms. The Hall–Kier alpha value is -1.46. The highest BCUT2D eigenvalue weighted by Gasteiger charge is 2.26. The molecule has 1 atom stereocenters. The standard InChI is InChI=1S/C16H26N2O3/c1-19-13-9-12(10-14(20-2)16(13)21-3)15(18-17)11-7-5-4-6-8-11/h9-11,15,18H,4-8,17H2,1-3H3. The van der Waals surface area contributed by atoms with Crippen molar-refractivity contribution in [3.8, 4) is 17.2 Å². The smallest absolute Gasteiger partial charge is 0.203 e. The van der Waals surface area contributed by atoms with E-state index in [4.69, 9.17) is 20.1 Å². The number of hydrazine groups is 1. The van der Waals surface area contributed by atoms with Crippen molar-refractivity contribution in [1.82, 2.24) is 5.43 Å². The van der Waals surface area contributed by atoms with Crippen LogP contribution in [0.5, 0.6) is 17.2 Å². The van der Waals surface area contributed by atoms with Gasteiger partial charge in [-0.15, -0.1) is 0 Å². The van der Waals surface area contributed by atoms with Crippen LogP contribution >= 0.6 is 0 Å². The molecule has 0 spiro atoms. The van der Waals surface area contributed by atoms with Gasteiger partial charge in [0.2, 0.25) is 5.75 Å². The number of rotatable bonds is 6. The van der Waals surface area contributed by atoms with Crippen molar-refractivity contribution in [2.75, 3.05) is 21.3 Å². The van der Waals surface area contributed by atoms with Crippen molar-refractivity contribution in [3.05, 3.63) is 17.7 Å².